The predicted octanol–water partition coefficient (Wildman–Crippen LogP) is -1.74. The van der Waals surface area contributed by atoms with Gasteiger partial charge in [0.15, 0.2) is 0 Å². The van der Waals surface area contributed by atoms with Crippen molar-refractivity contribution in [3.8, 4) is 0 Å². The van der Waals surface area contributed by atoms with Crippen molar-refractivity contribution in [2.24, 2.45) is 0 Å². The molecule has 0 fully saturated rings. The molecular formula is C6H15CdNO3. The molecule has 11 heavy (non-hydrogen) atoms. The van der Waals surface area contributed by atoms with E-state index in [4.69, 9.17) is 15.3 Å². The Morgan fingerprint density at radius 2 is 1.00 bits per heavy atom. The minimum atomic E-state index is 0. The minimum absolute atomic E-state index is 0. The molecule has 4 nitrogen and oxygen atoms in total. The summed E-state index contributed by atoms with van der Waals surface area (Å²) < 4.78 is 0. The maximum absolute atomic E-state index is 8.48. The van der Waals surface area contributed by atoms with Crippen LogP contribution in [-0.2, 0) is 27.3 Å². The molecule has 0 aromatic carbocycles. The molecule has 0 aromatic heterocycles. The third kappa shape index (κ3) is 8.67. The topological polar surface area (TPSA) is 63.9 Å². The van der Waals surface area contributed by atoms with Crippen molar-refractivity contribution < 1.29 is 42.6 Å². The zero-order valence-electron chi connectivity index (χ0n) is 6.74. The molecule has 0 aromatic rings. The summed E-state index contributed by atoms with van der Waals surface area (Å²) in [5.74, 6) is 0. The first-order chi connectivity index (χ1) is 4.85. The fourth-order valence-electron chi connectivity index (χ4n) is 0.760. The smallest absolute Gasteiger partial charge is 0.0558 e. The molecule has 0 aliphatic heterocycles. The van der Waals surface area contributed by atoms with Gasteiger partial charge in [-0.15, -0.1) is 0 Å². The second-order valence-corrected chi connectivity index (χ2v) is 2.01. The minimum Gasteiger partial charge on any atom is -0.395 e. The number of aliphatic hydroxyl groups excluding tert-OH is 3. The van der Waals surface area contributed by atoms with Crippen LogP contribution in [0, 0.1) is 0 Å². The molecule has 0 saturated heterocycles. The Balaban J connectivity index is 0. The Morgan fingerprint density at radius 1 is 0.727 bits per heavy atom. The van der Waals surface area contributed by atoms with Crippen LogP contribution in [0.25, 0.3) is 0 Å². The van der Waals surface area contributed by atoms with Crippen molar-refractivity contribution in [1.82, 2.24) is 4.90 Å². The first-order valence-corrected chi connectivity index (χ1v) is 3.40. The molecule has 0 rings (SSSR count). The zero-order valence-corrected chi connectivity index (χ0v) is 10.8. The fourth-order valence-corrected chi connectivity index (χ4v) is 0.760. The van der Waals surface area contributed by atoms with E-state index in [1.54, 1.807) is 4.90 Å². The Kier molecular flexibility index (Phi) is 14.0. The van der Waals surface area contributed by atoms with Gasteiger partial charge < -0.3 is 15.3 Å². The number of hydrogen-bond acceptors (Lipinski definition) is 4. The van der Waals surface area contributed by atoms with Crippen LogP contribution in [0.5, 0.6) is 0 Å². The van der Waals surface area contributed by atoms with Gasteiger partial charge in [0.05, 0.1) is 19.8 Å². The summed E-state index contributed by atoms with van der Waals surface area (Å²) in [7, 11) is 0. The molecule has 0 saturated carbocycles. The van der Waals surface area contributed by atoms with Gasteiger partial charge in [-0.3, -0.25) is 4.90 Å². The summed E-state index contributed by atoms with van der Waals surface area (Å²) in [5.41, 5.74) is 0. The van der Waals surface area contributed by atoms with E-state index in [1.807, 2.05) is 0 Å². The first-order valence-electron chi connectivity index (χ1n) is 3.40. The van der Waals surface area contributed by atoms with Crippen LogP contribution in [0.3, 0.4) is 0 Å². The predicted molar refractivity (Wildman–Crippen MR) is 37.7 cm³/mol. The Hall–Kier alpha value is 0.762. The maximum Gasteiger partial charge on any atom is 0.0558 e. The van der Waals surface area contributed by atoms with Crippen LogP contribution in [-0.4, -0.2) is 59.7 Å². The van der Waals surface area contributed by atoms with Gasteiger partial charge in [0, 0.05) is 46.9 Å². The third-order valence-corrected chi connectivity index (χ3v) is 1.25. The molecule has 0 atom stereocenters. The summed E-state index contributed by atoms with van der Waals surface area (Å²) in [6.45, 7) is 1.75. The molecule has 0 amide bonds. The first kappa shape index (κ1) is 14.3. The van der Waals surface area contributed by atoms with E-state index in [0.717, 1.165) is 0 Å². The standard InChI is InChI=1S/C6H15NO3.Cd/c8-4-1-7(2-5-9)3-6-10;/h8-10H,1-6H2;. The summed E-state index contributed by atoms with van der Waals surface area (Å²) in [6.07, 6.45) is 0. The number of aliphatic hydroxyl groups is 3. The molecule has 0 bridgehead atoms. The van der Waals surface area contributed by atoms with Crippen molar-refractivity contribution in [1.29, 1.82) is 0 Å². The van der Waals surface area contributed by atoms with Crippen LogP contribution < -0.4 is 0 Å². The molecule has 3 N–H and O–H groups in total. The summed E-state index contributed by atoms with van der Waals surface area (Å²) >= 11 is 0. The SMILES string of the molecule is OCCN(CCO)CCO.[Cd]. The monoisotopic (exact) mass is 263 g/mol. The van der Waals surface area contributed by atoms with Gasteiger partial charge in [0.2, 0.25) is 0 Å². The van der Waals surface area contributed by atoms with E-state index in [-0.39, 0.29) is 47.1 Å². The van der Waals surface area contributed by atoms with Crippen LogP contribution >= 0.6 is 0 Å². The number of rotatable bonds is 6. The Morgan fingerprint density at radius 3 is 1.18 bits per heavy atom. The van der Waals surface area contributed by atoms with Gasteiger partial charge in [-0.25, -0.2) is 0 Å². The van der Waals surface area contributed by atoms with Gasteiger partial charge in [-0.05, 0) is 0 Å². The quantitative estimate of drug-likeness (QED) is 0.497. The number of nitrogens with zero attached hydrogens (tertiary/aromatic N) is 1. The number of hydrogen-bond donors (Lipinski definition) is 3. The molecule has 0 aliphatic rings. The Labute approximate surface area is 87.0 Å². The van der Waals surface area contributed by atoms with E-state index in [2.05, 4.69) is 0 Å². The molecule has 5 heteroatoms. The average Bonchev–Trinajstić information content (AvgIpc) is 1.90. The van der Waals surface area contributed by atoms with Crippen molar-refractivity contribution in [3.63, 3.8) is 0 Å². The zero-order chi connectivity index (χ0) is 7.82. The maximum atomic E-state index is 8.48. The van der Waals surface area contributed by atoms with Crippen molar-refractivity contribution in [3.05, 3.63) is 0 Å². The van der Waals surface area contributed by atoms with Crippen LogP contribution in [0.4, 0.5) is 0 Å². The molecule has 0 spiro atoms. The van der Waals surface area contributed by atoms with Gasteiger partial charge in [-0.1, -0.05) is 0 Å². The second-order valence-electron chi connectivity index (χ2n) is 2.01. The van der Waals surface area contributed by atoms with Crippen LogP contribution in [0.1, 0.15) is 0 Å². The van der Waals surface area contributed by atoms with Crippen molar-refractivity contribution in [2.45, 2.75) is 0 Å². The summed E-state index contributed by atoms with van der Waals surface area (Å²) in [6, 6.07) is 0. The van der Waals surface area contributed by atoms with Crippen molar-refractivity contribution in [2.75, 3.05) is 39.5 Å². The normalized spacial score (nSPS) is 9.82. The van der Waals surface area contributed by atoms with E-state index in [0.29, 0.717) is 19.6 Å². The van der Waals surface area contributed by atoms with Crippen molar-refractivity contribution >= 4 is 0 Å². The van der Waals surface area contributed by atoms with Gasteiger partial charge in [-0.2, -0.15) is 0 Å². The largest absolute Gasteiger partial charge is 0.395 e. The van der Waals surface area contributed by atoms with Crippen LogP contribution in [0.15, 0.2) is 0 Å². The van der Waals surface area contributed by atoms with E-state index < -0.39 is 0 Å². The van der Waals surface area contributed by atoms with Gasteiger partial charge in [0.25, 0.3) is 0 Å². The van der Waals surface area contributed by atoms with E-state index >= 15 is 0 Å². The van der Waals surface area contributed by atoms with Gasteiger partial charge in [0.1, 0.15) is 0 Å². The molecular weight excluding hydrogens is 246 g/mol. The molecule has 0 unspecified atom stereocenters. The summed E-state index contributed by atoms with van der Waals surface area (Å²) in [5, 5.41) is 25.5. The summed E-state index contributed by atoms with van der Waals surface area (Å²) in [4.78, 5) is 1.79. The molecule has 0 aliphatic carbocycles. The molecule has 64 valence electrons. The average molecular weight is 262 g/mol. The molecule has 0 radical (unpaired) electrons. The second kappa shape index (κ2) is 10.8. The van der Waals surface area contributed by atoms with E-state index in [9.17, 15) is 0 Å². The van der Waals surface area contributed by atoms with Gasteiger partial charge >= 0.3 is 0 Å². The van der Waals surface area contributed by atoms with E-state index in [1.165, 1.54) is 0 Å². The fraction of sp³-hybridized carbons (Fsp3) is 1.00. The molecule has 0 heterocycles. The van der Waals surface area contributed by atoms with Crippen LogP contribution in [0.2, 0.25) is 0 Å². The Bertz CT molecular complexity index is 60.6. The third-order valence-electron chi connectivity index (χ3n) is 1.25.